The highest BCUT2D eigenvalue weighted by Crippen LogP contribution is 2.42. The maximum absolute atomic E-state index is 13.2. The van der Waals surface area contributed by atoms with Crippen LogP contribution in [0.3, 0.4) is 0 Å². The van der Waals surface area contributed by atoms with Gasteiger partial charge in [0.25, 0.3) is 0 Å². The standard InChI is InChI=1S/C25H38F3N3O/c1-8-10-13-29-18(3)23(22(9-2)21-11-12-21)19(4)30-14-16-31(17-15-30)20(5)32-24(6,7)25(26,27)28/h9-10,13,21H,5,8,11-12,14-17H2,1-4,6-7H3/b13-10+,22-9-,23-19-,29-18+. The number of nitrogens with zero attached hydrogens (tertiary/aromatic N) is 3. The van der Waals surface area contributed by atoms with E-state index in [1.807, 2.05) is 12.3 Å². The van der Waals surface area contributed by atoms with Crippen LogP contribution in [0.15, 0.2) is 52.6 Å². The van der Waals surface area contributed by atoms with Crippen molar-refractivity contribution < 1.29 is 17.9 Å². The molecule has 1 aliphatic heterocycles. The Labute approximate surface area is 191 Å². The van der Waals surface area contributed by atoms with Crippen molar-refractivity contribution in [2.75, 3.05) is 26.2 Å². The van der Waals surface area contributed by atoms with Crippen molar-refractivity contribution in [3.8, 4) is 0 Å². The van der Waals surface area contributed by atoms with E-state index >= 15 is 0 Å². The molecule has 0 spiro atoms. The molecule has 0 unspecified atom stereocenters. The minimum absolute atomic E-state index is 0.0726. The third-order valence-electron chi connectivity index (χ3n) is 6.11. The van der Waals surface area contributed by atoms with E-state index < -0.39 is 11.8 Å². The molecule has 32 heavy (non-hydrogen) atoms. The molecule has 0 amide bonds. The van der Waals surface area contributed by atoms with Crippen molar-refractivity contribution in [1.29, 1.82) is 0 Å². The molecule has 0 aromatic rings. The van der Waals surface area contributed by atoms with E-state index in [0.29, 0.717) is 32.1 Å². The van der Waals surface area contributed by atoms with Gasteiger partial charge in [-0.3, -0.25) is 4.99 Å². The van der Waals surface area contributed by atoms with Crippen LogP contribution in [0.4, 0.5) is 13.2 Å². The summed E-state index contributed by atoms with van der Waals surface area (Å²) >= 11 is 0. The van der Waals surface area contributed by atoms with Crippen LogP contribution < -0.4 is 0 Å². The first-order chi connectivity index (χ1) is 14.9. The molecule has 1 saturated carbocycles. The maximum Gasteiger partial charge on any atom is 0.427 e. The molecule has 0 atom stereocenters. The van der Waals surface area contributed by atoms with Gasteiger partial charge in [-0.15, -0.1) is 0 Å². The zero-order valence-corrected chi connectivity index (χ0v) is 20.4. The van der Waals surface area contributed by atoms with Gasteiger partial charge in [0.05, 0.1) is 0 Å². The molecule has 0 aromatic carbocycles. The van der Waals surface area contributed by atoms with E-state index in [9.17, 15) is 13.2 Å². The van der Waals surface area contributed by atoms with E-state index in [1.165, 1.54) is 24.0 Å². The Morgan fingerprint density at radius 3 is 2.12 bits per heavy atom. The Morgan fingerprint density at radius 2 is 1.66 bits per heavy atom. The first-order valence-electron chi connectivity index (χ1n) is 11.4. The number of hydrogen-bond donors (Lipinski definition) is 0. The number of hydrogen-bond acceptors (Lipinski definition) is 4. The maximum atomic E-state index is 13.2. The van der Waals surface area contributed by atoms with Crippen molar-refractivity contribution in [2.45, 2.75) is 72.6 Å². The molecule has 2 aliphatic rings. The van der Waals surface area contributed by atoms with Crippen LogP contribution >= 0.6 is 0 Å². The number of ether oxygens (including phenoxy) is 1. The molecule has 7 heteroatoms. The van der Waals surface area contributed by atoms with Gasteiger partial charge in [0.2, 0.25) is 0 Å². The van der Waals surface area contributed by atoms with Crippen LogP contribution in [-0.2, 0) is 4.74 Å². The summed E-state index contributed by atoms with van der Waals surface area (Å²) in [6.45, 7) is 16.6. The summed E-state index contributed by atoms with van der Waals surface area (Å²) < 4.78 is 44.7. The number of allylic oxidation sites excluding steroid dienone is 5. The Hall–Kier alpha value is -2.18. The zero-order chi connectivity index (χ0) is 24.1. The summed E-state index contributed by atoms with van der Waals surface area (Å²) in [6, 6.07) is 0. The predicted molar refractivity (Wildman–Crippen MR) is 125 cm³/mol. The van der Waals surface area contributed by atoms with Gasteiger partial charge in [0, 0.05) is 49.4 Å². The van der Waals surface area contributed by atoms with Gasteiger partial charge >= 0.3 is 6.18 Å². The number of rotatable bonds is 9. The van der Waals surface area contributed by atoms with Crippen molar-refractivity contribution >= 4 is 5.71 Å². The number of halogens is 3. The minimum atomic E-state index is -4.46. The monoisotopic (exact) mass is 453 g/mol. The Balaban J connectivity index is 2.17. The Bertz CT molecular complexity index is 794. The lowest BCUT2D eigenvalue weighted by Crippen LogP contribution is -2.48. The smallest absolute Gasteiger partial charge is 0.427 e. The number of aliphatic imine (C=N–C) groups is 1. The SMILES string of the molecule is C=C(OC(C)(C)C(F)(F)F)N1CCN(/C(C)=C(C(=C/C)\C2CC2)/C(C)=N/C=C/CC)CC1. The highest BCUT2D eigenvalue weighted by atomic mass is 19.4. The van der Waals surface area contributed by atoms with Crippen LogP contribution in [0.1, 0.15) is 60.8 Å². The van der Waals surface area contributed by atoms with Crippen molar-refractivity contribution in [2.24, 2.45) is 10.9 Å². The largest absolute Gasteiger partial charge is 0.464 e. The average molecular weight is 454 g/mol. The quantitative estimate of drug-likeness (QED) is 0.228. The van der Waals surface area contributed by atoms with Gasteiger partial charge in [-0.25, -0.2) is 0 Å². The van der Waals surface area contributed by atoms with E-state index in [2.05, 4.69) is 50.2 Å². The van der Waals surface area contributed by atoms with Crippen molar-refractivity contribution in [3.05, 3.63) is 47.7 Å². The third-order valence-corrected chi connectivity index (χ3v) is 6.11. The highest BCUT2D eigenvalue weighted by Gasteiger charge is 2.50. The van der Waals surface area contributed by atoms with Crippen LogP contribution in [0, 0.1) is 5.92 Å². The molecule has 180 valence electrons. The lowest BCUT2D eigenvalue weighted by molar-refractivity contribution is -0.257. The first kappa shape index (κ1) is 26.1. The van der Waals surface area contributed by atoms with Gasteiger partial charge in [-0.2, -0.15) is 13.2 Å². The molecular formula is C25H38F3N3O. The minimum Gasteiger partial charge on any atom is -0.464 e. The van der Waals surface area contributed by atoms with E-state index in [1.54, 1.807) is 4.90 Å². The molecule has 4 nitrogen and oxygen atoms in total. The molecule has 0 N–H and O–H groups in total. The second-order valence-electron chi connectivity index (χ2n) is 8.96. The lowest BCUT2D eigenvalue weighted by atomic mass is 9.95. The second-order valence-corrected chi connectivity index (χ2v) is 8.96. The fourth-order valence-electron chi connectivity index (χ4n) is 3.86. The molecule has 0 aromatic heterocycles. The molecule has 2 rings (SSSR count). The molecule has 0 radical (unpaired) electrons. The van der Waals surface area contributed by atoms with Gasteiger partial charge in [0.15, 0.2) is 11.5 Å². The van der Waals surface area contributed by atoms with E-state index in [0.717, 1.165) is 31.7 Å². The van der Waals surface area contributed by atoms with Gasteiger partial charge in [-0.05, 0) is 72.0 Å². The molecule has 1 saturated heterocycles. The fourth-order valence-corrected chi connectivity index (χ4v) is 3.86. The summed E-state index contributed by atoms with van der Waals surface area (Å²) in [5.74, 6) is 0.660. The Kier molecular flexibility index (Phi) is 8.66. The molecule has 1 aliphatic carbocycles. The summed E-state index contributed by atoms with van der Waals surface area (Å²) in [6.07, 6.45) is 4.99. The normalized spacial score (nSPS) is 20.0. The van der Waals surface area contributed by atoms with Gasteiger partial charge in [-0.1, -0.05) is 19.1 Å². The summed E-state index contributed by atoms with van der Waals surface area (Å²) in [5, 5.41) is 0. The number of alkyl halides is 3. The molecule has 0 bridgehead atoms. The van der Waals surface area contributed by atoms with Crippen LogP contribution in [0.5, 0.6) is 0 Å². The van der Waals surface area contributed by atoms with Crippen LogP contribution in [0.2, 0.25) is 0 Å². The summed E-state index contributed by atoms with van der Waals surface area (Å²) in [7, 11) is 0. The third kappa shape index (κ3) is 6.42. The molecular weight excluding hydrogens is 415 g/mol. The number of piperazine rings is 1. The highest BCUT2D eigenvalue weighted by molar-refractivity contribution is 6.03. The van der Waals surface area contributed by atoms with Gasteiger partial charge in [0.1, 0.15) is 0 Å². The molecule has 1 heterocycles. The van der Waals surface area contributed by atoms with Crippen molar-refractivity contribution in [3.63, 3.8) is 0 Å². The zero-order valence-electron chi connectivity index (χ0n) is 20.4. The first-order valence-corrected chi connectivity index (χ1v) is 11.4. The Morgan fingerprint density at radius 1 is 1.09 bits per heavy atom. The van der Waals surface area contributed by atoms with E-state index in [4.69, 9.17) is 4.74 Å². The predicted octanol–water partition coefficient (Wildman–Crippen LogP) is 6.45. The average Bonchev–Trinajstić information content (AvgIpc) is 3.55. The van der Waals surface area contributed by atoms with E-state index in [-0.39, 0.29) is 5.88 Å². The lowest BCUT2D eigenvalue weighted by Gasteiger charge is -2.41. The summed E-state index contributed by atoms with van der Waals surface area (Å²) in [4.78, 5) is 8.76. The topological polar surface area (TPSA) is 28.1 Å². The van der Waals surface area contributed by atoms with Crippen molar-refractivity contribution in [1.82, 2.24) is 9.80 Å². The van der Waals surface area contributed by atoms with Gasteiger partial charge < -0.3 is 14.5 Å². The van der Waals surface area contributed by atoms with Crippen LogP contribution in [0.25, 0.3) is 0 Å². The molecule has 2 fully saturated rings. The fraction of sp³-hybridized carbons (Fsp3) is 0.640. The second kappa shape index (κ2) is 10.6. The summed E-state index contributed by atoms with van der Waals surface area (Å²) in [5.41, 5.74) is 2.43. The van der Waals surface area contributed by atoms with Crippen LogP contribution in [-0.4, -0.2) is 53.5 Å².